The van der Waals surface area contributed by atoms with Gasteiger partial charge in [-0.15, -0.1) is 0 Å². The number of nitrogens with zero attached hydrogens (tertiary/aromatic N) is 2. The summed E-state index contributed by atoms with van der Waals surface area (Å²) < 4.78 is 1.59. The highest BCUT2D eigenvalue weighted by molar-refractivity contribution is 5.82. The molecule has 0 aromatic carbocycles. The Morgan fingerprint density at radius 3 is 2.67 bits per heavy atom. The molecule has 4 N–H and O–H groups in total. The van der Waals surface area contributed by atoms with Crippen LogP contribution in [0.25, 0.3) is 0 Å². The second kappa shape index (κ2) is 6.01. The number of carboxylic acid groups (broad SMARTS) is 1. The maximum Gasteiger partial charge on any atom is 0.328 e. The van der Waals surface area contributed by atoms with Crippen molar-refractivity contribution in [3.63, 3.8) is 0 Å². The number of aliphatic hydroxyl groups excluding tert-OH is 1. The van der Waals surface area contributed by atoms with Gasteiger partial charge < -0.3 is 20.8 Å². The molecule has 2 unspecified atom stereocenters. The van der Waals surface area contributed by atoms with E-state index in [9.17, 15) is 14.7 Å². The van der Waals surface area contributed by atoms with Gasteiger partial charge in [0.2, 0.25) is 0 Å². The van der Waals surface area contributed by atoms with Crippen LogP contribution in [0.5, 0.6) is 0 Å². The van der Waals surface area contributed by atoms with Crippen LogP contribution in [0.2, 0.25) is 0 Å². The molecule has 0 fully saturated rings. The first-order valence-electron chi connectivity index (χ1n) is 5.33. The largest absolute Gasteiger partial charge is 0.480 e. The molecule has 1 heterocycles. The number of aromatic nitrogens is 2. The third-order valence-electron chi connectivity index (χ3n) is 2.25. The van der Waals surface area contributed by atoms with E-state index in [1.165, 1.54) is 6.92 Å². The molecule has 1 aromatic heterocycles. The number of aliphatic hydroxyl groups is 1. The molecule has 2 amide bonds. The Hall–Kier alpha value is -2.09. The number of amides is 2. The molecule has 1 rings (SSSR count). The van der Waals surface area contributed by atoms with Crippen LogP contribution in [0.1, 0.15) is 12.5 Å². The summed E-state index contributed by atoms with van der Waals surface area (Å²) in [7, 11) is 1.75. The summed E-state index contributed by atoms with van der Waals surface area (Å²) in [5.74, 6) is -1.29. The third-order valence-corrected chi connectivity index (χ3v) is 2.25. The smallest absolute Gasteiger partial charge is 0.328 e. The van der Waals surface area contributed by atoms with E-state index >= 15 is 0 Å². The van der Waals surface area contributed by atoms with Gasteiger partial charge in [-0.05, 0) is 6.92 Å². The van der Waals surface area contributed by atoms with Crippen molar-refractivity contribution in [1.82, 2.24) is 20.4 Å². The fourth-order valence-corrected chi connectivity index (χ4v) is 1.33. The quantitative estimate of drug-likeness (QED) is 0.542. The maximum absolute atomic E-state index is 11.4. The SMILES string of the molecule is CC(O)C(NC(=O)NCc1cnn(C)c1)C(=O)O. The molecule has 1 aromatic rings. The standard InChI is InChI=1S/C10H16N4O4/c1-6(15)8(9(16)17)13-10(18)11-3-7-4-12-14(2)5-7/h4-6,8,15H,3H2,1-2H3,(H,16,17)(H2,11,13,18). The molecule has 8 nitrogen and oxygen atoms in total. The number of urea groups is 1. The van der Waals surface area contributed by atoms with Gasteiger partial charge >= 0.3 is 12.0 Å². The summed E-state index contributed by atoms with van der Waals surface area (Å²) in [6, 6.07) is -1.99. The summed E-state index contributed by atoms with van der Waals surface area (Å²) in [6.07, 6.45) is 2.14. The molecule has 0 spiro atoms. The average molecular weight is 256 g/mol. The molecule has 0 saturated heterocycles. The molecule has 0 radical (unpaired) electrons. The van der Waals surface area contributed by atoms with E-state index in [1.807, 2.05) is 0 Å². The Morgan fingerprint density at radius 2 is 2.22 bits per heavy atom. The minimum Gasteiger partial charge on any atom is -0.480 e. The number of rotatable bonds is 5. The predicted molar refractivity (Wildman–Crippen MR) is 61.7 cm³/mol. The summed E-state index contributed by atoms with van der Waals surface area (Å²) in [4.78, 5) is 22.2. The Labute approximate surface area is 104 Å². The van der Waals surface area contributed by atoms with Crippen molar-refractivity contribution in [3.05, 3.63) is 18.0 Å². The number of carbonyl (C=O) groups excluding carboxylic acids is 1. The number of hydrogen-bond acceptors (Lipinski definition) is 4. The molecule has 0 aliphatic heterocycles. The zero-order chi connectivity index (χ0) is 13.7. The van der Waals surface area contributed by atoms with Crippen molar-refractivity contribution in [2.45, 2.75) is 25.6 Å². The number of aliphatic carboxylic acids is 1. The molecule has 0 aliphatic rings. The topological polar surface area (TPSA) is 116 Å². The van der Waals surface area contributed by atoms with E-state index in [0.29, 0.717) is 0 Å². The summed E-state index contributed by atoms with van der Waals surface area (Å²) in [6.45, 7) is 1.52. The summed E-state index contributed by atoms with van der Waals surface area (Å²) in [5, 5.41) is 26.5. The highest BCUT2D eigenvalue weighted by atomic mass is 16.4. The molecule has 0 aliphatic carbocycles. The number of carboxylic acids is 1. The molecule has 8 heteroatoms. The second-order valence-electron chi connectivity index (χ2n) is 3.91. The van der Waals surface area contributed by atoms with Gasteiger partial charge in [0, 0.05) is 25.4 Å². The van der Waals surface area contributed by atoms with Gasteiger partial charge in [-0.2, -0.15) is 5.10 Å². The first-order valence-corrected chi connectivity index (χ1v) is 5.33. The zero-order valence-electron chi connectivity index (χ0n) is 10.1. The van der Waals surface area contributed by atoms with Crippen LogP contribution in [0.3, 0.4) is 0 Å². The van der Waals surface area contributed by atoms with Crippen LogP contribution < -0.4 is 10.6 Å². The summed E-state index contributed by atoms with van der Waals surface area (Å²) in [5.41, 5.74) is 0.788. The van der Waals surface area contributed by atoms with Crippen molar-refractivity contribution in [2.75, 3.05) is 0 Å². The molecule has 0 saturated carbocycles. The van der Waals surface area contributed by atoms with Crippen molar-refractivity contribution >= 4 is 12.0 Å². The Bertz CT molecular complexity index is 429. The van der Waals surface area contributed by atoms with Gasteiger partial charge in [-0.25, -0.2) is 9.59 Å². The number of nitrogens with one attached hydrogen (secondary N) is 2. The zero-order valence-corrected chi connectivity index (χ0v) is 10.1. The lowest BCUT2D eigenvalue weighted by atomic mass is 10.2. The van der Waals surface area contributed by atoms with Crippen molar-refractivity contribution in [3.8, 4) is 0 Å². The first kappa shape index (κ1) is 14.0. The van der Waals surface area contributed by atoms with Crippen LogP contribution in [0, 0.1) is 0 Å². The monoisotopic (exact) mass is 256 g/mol. The fourth-order valence-electron chi connectivity index (χ4n) is 1.33. The van der Waals surface area contributed by atoms with Gasteiger partial charge in [0.05, 0.1) is 12.3 Å². The number of aryl methyl sites for hydroxylation is 1. The lowest BCUT2D eigenvalue weighted by Crippen LogP contribution is -2.50. The van der Waals surface area contributed by atoms with Crippen LogP contribution in [0.4, 0.5) is 4.79 Å². The van der Waals surface area contributed by atoms with Gasteiger partial charge in [-0.1, -0.05) is 0 Å². The molecule has 0 bridgehead atoms. The maximum atomic E-state index is 11.4. The second-order valence-corrected chi connectivity index (χ2v) is 3.91. The lowest BCUT2D eigenvalue weighted by Gasteiger charge is -2.17. The highest BCUT2D eigenvalue weighted by Crippen LogP contribution is 1.96. The Morgan fingerprint density at radius 1 is 1.56 bits per heavy atom. The third kappa shape index (κ3) is 4.06. The lowest BCUT2D eigenvalue weighted by molar-refractivity contribution is -0.141. The summed E-state index contributed by atoms with van der Waals surface area (Å²) >= 11 is 0. The van der Waals surface area contributed by atoms with E-state index in [0.717, 1.165) is 5.56 Å². The van der Waals surface area contributed by atoms with Crippen molar-refractivity contribution in [2.24, 2.45) is 7.05 Å². The highest BCUT2D eigenvalue weighted by Gasteiger charge is 2.24. The Kier molecular flexibility index (Phi) is 4.67. The van der Waals surface area contributed by atoms with Crippen LogP contribution in [-0.4, -0.2) is 44.1 Å². The van der Waals surface area contributed by atoms with Gasteiger partial charge in [0.25, 0.3) is 0 Å². The normalized spacial score (nSPS) is 13.7. The van der Waals surface area contributed by atoms with Gasteiger partial charge in [0.15, 0.2) is 6.04 Å². The molecule has 18 heavy (non-hydrogen) atoms. The van der Waals surface area contributed by atoms with Crippen LogP contribution in [-0.2, 0) is 18.4 Å². The van der Waals surface area contributed by atoms with E-state index in [4.69, 9.17) is 5.11 Å². The Balaban J connectivity index is 2.43. The number of carbonyl (C=O) groups is 2. The van der Waals surface area contributed by atoms with E-state index in [1.54, 1.807) is 24.1 Å². The molecule has 2 atom stereocenters. The van der Waals surface area contributed by atoms with Gasteiger partial charge in [0.1, 0.15) is 0 Å². The van der Waals surface area contributed by atoms with E-state index < -0.39 is 24.1 Å². The molecule has 100 valence electrons. The van der Waals surface area contributed by atoms with Gasteiger partial charge in [-0.3, -0.25) is 4.68 Å². The fraction of sp³-hybridized carbons (Fsp3) is 0.500. The van der Waals surface area contributed by atoms with Crippen molar-refractivity contribution in [1.29, 1.82) is 0 Å². The minimum atomic E-state index is -1.33. The molecular formula is C10H16N4O4. The van der Waals surface area contributed by atoms with E-state index in [-0.39, 0.29) is 6.54 Å². The first-order chi connectivity index (χ1) is 8.40. The number of hydrogen-bond donors (Lipinski definition) is 4. The predicted octanol–water partition coefficient (Wildman–Crippen LogP) is -0.947. The van der Waals surface area contributed by atoms with Crippen LogP contribution >= 0.6 is 0 Å². The van der Waals surface area contributed by atoms with E-state index in [2.05, 4.69) is 15.7 Å². The van der Waals surface area contributed by atoms with Crippen molar-refractivity contribution < 1.29 is 19.8 Å². The van der Waals surface area contributed by atoms with Crippen LogP contribution in [0.15, 0.2) is 12.4 Å². The molecular weight excluding hydrogens is 240 g/mol. The minimum absolute atomic E-state index is 0.228. The average Bonchev–Trinajstić information content (AvgIpc) is 2.68.